The first-order valence-corrected chi connectivity index (χ1v) is 11.5. The maximum absolute atomic E-state index is 8.76. The van der Waals surface area contributed by atoms with Gasteiger partial charge in [0.25, 0.3) is 0 Å². The number of hydrogen-bond donors (Lipinski definition) is 1. The minimum Gasteiger partial charge on any atom is -1.00 e. The molecule has 0 bridgehead atoms. The monoisotopic (exact) mass is 492 g/mol. The molecule has 0 aliphatic heterocycles. The zero-order valence-corrected chi connectivity index (χ0v) is 20.8. The van der Waals surface area contributed by atoms with Crippen molar-refractivity contribution in [3.63, 3.8) is 0 Å². The van der Waals surface area contributed by atoms with E-state index in [0.717, 1.165) is 12.8 Å². The zero-order chi connectivity index (χ0) is 16.9. The Bertz CT molecular complexity index is 774. The molecule has 0 heterocycles. The number of benzene rings is 2. The quantitative estimate of drug-likeness (QED) is 0.251. The number of fused-ring (bicyclic) bond motifs is 3. The molecule has 4 rings (SSSR count). The van der Waals surface area contributed by atoms with Crippen molar-refractivity contribution in [2.45, 2.75) is 25.9 Å². The van der Waals surface area contributed by atoms with Gasteiger partial charge in [-0.1, -0.05) is 48.5 Å². The Morgan fingerprint density at radius 2 is 1.70 bits per heavy atom. The second kappa shape index (κ2) is 12.8. The first-order valence-electron chi connectivity index (χ1n) is 8.64. The summed E-state index contributed by atoms with van der Waals surface area (Å²) in [4.78, 5) is 0. The van der Waals surface area contributed by atoms with Crippen molar-refractivity contribution in [1.29, 1.82) is 0 Å². The summed E-state index contributed by atoms with van der Waals surface area (Å²) in [7, 11) is -0.662. The Morgan fingerprint density at radius 3 is 2.41 bits per heavy atom. The molecule has 27 heavy (non-hydrogen) atoms. The first-order chi connectivity index (χ1) is 11.7. The standard InChI is InChI=1S/C13H9.C9H15OSi.2ClH.Zr/c1-3-7-12-10(5-1)9-11-6-2-4-8-13(11)12;1-11(2)9-5-3-4-8(9)6-7-10;;;/h1-5,7-8H,9H2;3-5,10-11H,6-7H2,1-2H3;2*1H;/q2*-1;;;+4/p-2. The van der Waals surface area contributed by atoms with Gasteiger partial charge in [-0.25, -0.2) is 12.1 Å². The Kier molecular flexibility index (Phi) is 12.5. The molecule has 0 aromatic heterocycles. The van der Waals surface area contributed by atoms with Crippen molar-refractivity contribution in [1.82, 2.24) is 0 Å². The summed E-state index contributed by atoms with van der Waals surface area (Å²) in [5, 5.41) is 10.3. The van der Waals surface area contributed by atoms with Crippen LogP contribution in [0.1, 0.15) is 16.7 Å². The Labute approximate surface area is 196 Å². The zero-order valence-electron chi connectivity index (χ0n) is 15.7. The maximum atomic E-state index is 8.76. The minimum atomic E-state index is -0.662. The van der Waals surface area contributed by atoms with E-state index in [9.17, 15) is 0 Å². The molecule has 0 amide bonds. The molecule has 5 heteroatoms. The van der Waals surface area contributed by atoms with Crippen molar-refractivity contribution in [2.24, 2.45) is 0 Å². The fourth-order valence-electron chi connectivity index (χ4n) is 3.38. The fraction of sp³-hybridized carbons (Fsp3) is 0.227. The number of halogens is 2. The van der Waals surface area contributed by atoms with E-state index in [1.54, 1.807) is 0 Å². The van der Waals surface area contributed by atoms with E-state index in [2.05, 4.69) is 73.8 Å². The summed E-state index contributed by atoms with van der Waals surface area (Å²) in [6.07, 6.45) is 1.87. The van der Waals surface area contributed by atoms with Gasteiger partial charge in [-0.2, -0.15) is 46.6 Å². The third-order valence-corrected chi connectivity index (χ3v) is 6.37. The normalized spacial score (nSPS) is 10.4. The molecule has 0 fully saturated rings. The van der Waals surface area contributed by atoms with E-state index in [1.807, 2.05) is 6.07 Å². The average molecular weight is 495 g/mol. The Balaban J connectivity index is 0.000000457. The molecule has 0 saturated heterocycles. The van der Waals surface area contributed by atoms with E-state index in [1.165, 1.54) is 33.0 Å². The largest absolute Gasteiger partial charge is 4.00 e. The maximum Gasteiger partial charge on any atom is 4.00 e. The molecular formula is C22H24Cl2OSiZr. The second-order valence-electron chi connectivity index (χ2n) is 6.53. The van der Waals surface area contributed by atoms with Crippen LogP contribution in [-0.4, -0.2) is 20.5 Å². The molecule has 1 nitrogen and oxygen atoms in total. The Hall–Kier alpha value is -0.570. The molecule has 0 spiro atoms. The molecule has 1 aliphatic carbocycles. The minimum absolute atomic E-state index is 0. The summed E-state index contributed by atoms with van der Waals surface area (Å²) >= 11 is 0. The fourth-order valence-corrected chi connectivity index (χ4v) is 4.86. The van der Waals surface area contributed by atoms with Gasteiger partial charge in [0.1, 0.15) is 0 Å². The van der Waals surface area contributed by atoms with Crippen LogP contribution in [0.5, 0.6) is 0 Å². The van der Waals surface area contributed by atoms with Crippen LogP contribution in [0.15, 0.2) is 60.7 Å². The SMILES string of the molecule is C[SiH](C)[c-]1cccc1CCO.[Cl-].[Cl-].[Zr+4].[c-]1cccc2c1Cc1ccccc1-2. The van der Waals surface area contributed by atoms with E-state index in [4.69, 9.17) is 5.11 Å². The predicted molar refractivity (Wildman–Crippen MR) is 105 cm³/mol. The Morgan fingerprint density at radius 1 is 1.00 bits per heavy atom. The number of aliphatic hydroxyl groups excluding tert-OH is 1. The summed E-state index contributed by atoms with van der Waals surface area (Å²) in [6.45, 7) is 4.91. The average Bonchev–Trinajstić information content (AvgIpc) is 3.20. The van der Waals surface area contributed by atoms with Crippen LogP contribution in [-0.2, 0) is 39.0 Å². The molecule has 0 unspecified atom stereocenters. The van der Waals surface area contributed by atoms with Crippen LogP contribution in [0.4, 0.5) is 0 Å². The van der Waals surface area contributed by atoms with E-state index in [-0.39, 0.29) is 57.6 Å². The van der Waals surface area contributed by atoms with Crippen LogP contribution in [0.2, 0.25) is 13.1 Å². The summed E-state index contributed by atoms with van der Waals surface area (Å²) in [5.74, 6) is 0. The third kappa shape index (κ3) is 6.48. The smallest absolute Gasteiger partial charge is 1.00 e. The second-order valence-corrected chi connectivity index (χ2v) is 9.46. The van der Waals surface area contributed by atoms with Crippen molar-refractivity contribution in [2.75, 3.05) is 6.61 Å². The summed E-state index contributed by atoms with van der Waals surface area (Å²) < 4.78 is 0. The van der Waals surface area contributed by atoms with Crippen LogP contribution < -0.4 is 30.0 Å². The van der Waals surface area contributed by atoms with E-state index < -0.39 is 8.80 Å². The first kappa shape index (κ1) is 26.4. The topological polar surface area (TPSA) is 20.2 Å². The van der Waals surface area contributed by atoms with Gasteiger partial charge in [0.15, 0.2) is 0 Å². The number of aliphatic hydroxyl groups is 1. The van der Waals surface area contributed by atoms with E-state index >= 15 is 0 Å². The molecule has 0 atom stereocenters. The van der Waals surface area contributed by atoms with E-state index in [0.29, 0.717) is 0 Å². The molecule has 3 aromatic rings. The van der Waals surface area contributed by atoms with Gasteiger partial charge in [-0.3, -0.25) is 0 Å². The predicted octanol–water partition coefficient (Wildman–Crippen LogP) is -2.30. The summed E-state index contributed by atoms with van der Waals surface area (Å²) in [6, 6.07) is 24.5. The molecule has 0 saturated carbocycles. The molecule has 0 radical (unpaired) electrons. The van der Waals surface area contributed by atoms with Crippen LogP contribution in [0, 0.1) is 6.07 Å². The van der Waals surface area contributed by atoms with Crippen molar-refractivity contribution >= 4 is 14.0 Å². The van der Waals surface area contributed by atoms with Crippen LogP contribution in [0.3, 0.4) is 0 Å². The van der Waals surface area contributed by atoms with Gasteiger partial charge in [0, 0.05) is 15.4 Å². The third-order valence-electron chi connectivity index (χ3n) is 4.56. The van der Waals surface area contributed by atoms with Gasteiger partial charge in [0.05, 0.1) is 0 Å². The van der Waals surface area contributed by atoms with Gasteiger partial charge in [0.2, 0.25) is 0 Å². The van der Waals surface area contributed by atoms with Gasteiger partial charge < -0.3 is 29.9 Å². The molecule has 1 aliphatic rings. The molecule has 1 N–H and O–H groups in total. The molecule has 3 aromatic carbocycles. The van der Waals surface area contributed by atoms with Crippen molar-refractivity contribution in [3.8, 4) is 11.1 Å². The molecular weight excluding hydrogens is 470 g/mol. The summed E-state index contributed by atoms with van der Waals surface area (Å²) in [5.41, 5.74) is 6.87. The number of hydrogen-bond acceptors (Lipinski definition) is 1. The van der Waals surface area contributed by atoms with Crippen molar-refractivity contribution < 1.29 is 56.1 Å². The van der Waals surface area contributed by atoms with Gasteiger partial charge >= 0.3 is 26.2 Å². The van der Waals surface area contributed by atoms with Crippen LogP contribution >= 0.6 is 0 Å². The van der Waals surface area contributed by atoms with Crippen molar-refractivity contribution in [3.05, 3.63) is 83.4 Å². The number of rotatable bonds is 3. The van der Waals surface area contributed by atoms with Gasteiger partial charge in [-0.05, 0) is 12.8 Å². The van der Waals surface area contributed by atoms with Gasteiger partial charge in [-0.15, -0.1) is 5.56 Å². The van der Waals surface area contributed by atoms with Crippen LogP contribution in [0.25, 0.3) is 11.1 Å². The molecule has 140 valence electrons.